The maximum absolute atomic E-state index is 13.1. The summed E-state index contributed by atoms with van der Waals surface area (Å²) in [5.41, 5.74) is 0. The Morgan fingerprint density at radius 1 is 1.10 bits per heavy atom. The van der Waals surface area contributed by atoms with Crippen LogP contribution >= 0.6 is 0 Å². The molecule has 29 heavy (non-hydrogen) atoms. The highest BCUT2D eigenvalue weighted by Crippen LogP contribution is 2.33. The highest BCUT2D eigenvalue weighted by atomic mass is 32.2. The molecule has 0 saturated carbocycles. The summed E-state index contributed by atoms with van der Waals surface area (Å²) in [5, 5.41) is 8.13. The molecule has 2 aromatic rings. The van der Waals surface area contributed by atoms with Crippen molar-refractivity contribution in [2.45, 2.75) is 23.8 Å². The SMILES string of the molecule is CN(C)c1ccc(OC2CCN(S(=O)(=O)c3ccc4c(c3)OCCCO4)C2)nn1. The molecule has 3 heterocycles. The van der Waals surface area contributed by atoms with Crippen molar-refractivity contribution in [3.05, 3.63) is 30.3 Å². The average Bonchev–Trinajstić information content (AvgIpc) is 3.05. The topological polar surface area (TPSA) is 94.1 Å². The van der Waals surface area contributed by atoms with Crippen LogP contribution < -0.4 is 19.1 Å². The second kappa shape index (κ2) is 8.03. The number of ether oxygens (including phenoxy) is 3. The van der Waals surface area contributed by atoms with Gasteiger partial charge in [-0.05, 0) is 24.6 Å². The summed E-state index contributed by atoms with van der Waals surface area (Å²) in [7, 11) is 0.106. The molecule has 10 heteroatoms. The molecule has 1 fully saturated rings. The van der Waals surface area contributed by atoms with E-state index in [2.05, 4.69) is 10.2 Å². The maximum Gasteiger partial charge on any atom is 0.243 e. The van der Waals surface area contributed by atoms with Gasteiger partial charge in [-0.15, -0.1) is 10.2 Å². The molecule has 0 N–H and O–H groups in total. The number of rotatable bonds is 5. The van der Waals surface area contributed by atoms with Gasteiger partial charge in [0.2, 0.25) is 15.9 Å². The second-order valence-corrected chi connectivity index (χ2v) is 9.11. The third-order valence-corrected chi connectivity index (χ3v) is 6.70. The number of hydrogen-bond acceptors (Lipinski definition) is 8. The number of hydrogen-bond donors (Lipinski definition) is 0. The van der Waals surface area contributed by atoms with Gasteiger partial charge in [-0.1, -0.05) is 0 Å². The first-order chi connectivity index (χ1) is 13.9. The third kappa shape index (κ3) is 4.23. The third-order valence-electron chi connectivity index (χ3n) is 4.84. The Kier molecular flexibility index (Phi) is 5.46. The van der Waals surface area contributed by atoms with Gasteiger partial charge >= 0.3 is 0 Å². The highest BCUT2D eigenvalue weighted by molar-refractivity contribution is 7.89. The van der Waals surface area contributed by atoms with Crippen LogP contribution in [0.2, 0.25) is 0 Å². The summed E-state index contributed by atoms with van der Waals surface area (Å²) in [6, 6.07) is 8.30. The minimum Gasteiger partial charge on any atom is -0.490 e. The molecular weight excluding hydrogens is 396 g/mol. The van der Waals surface area contributed by atoms with E-state index in [-0.39, 0.29) is 17.5 Å². The van der Waals surface area contributed by atoms with E-state index in [9.17, 15) is 8.42 Å². The van der Waals surface area contributed by atoms with Crippen LogP contribution in [0.5, 0.6) is 17.4 Å². The van der Waals surface area contributed by atoms with Gasteiger partial charge in [-0.2, -0.15) is 4.31 Å². The first-order valence-corrected chi connectivity index (χ1v) is 10.9. The molecule has 4 rings (SSSR count). The molecule has 156 valence electrons. The Labute approximate surface area is 170 Å². The van der Waals surface area contributed by atoms with E-state index in [1.807, 2.05) is 25.1 Å². The van der Waals surface area contributed by atoms with Crippen LogP contribution in [-0.2, 0) is 10.0 Å². The van der Waals surface area contributed by atoms with Gasteiger partial charge in [0, 0.05) is 39.2 Å². The van der Waals surface area contributed by atoms with E-state index in [0.717, 1.165) is 12.2 Å². The average molecular weight is 420 g/mol. The van der Waals surface area contributed by atoms with Crippen LogP contribution in [0.4, 0.5) is 5.82 Å². The van der Waals surface area contributed by atoms with E-state index >= 15 is 0 Å². The zero-order valence-corrected chi connectivity index (χ0v) is 17.3. The highest BCUT2D eigenvalue weighted by Gasteiger charge is 2.34. The maximum atomic E-state index is 13.1. The van der Waals surface area contributed by atoms with Crippen LogP contribution in [0.1, 0.15) is 12.8 Å². The molecule has 1 aromatic carbocycles. The minimum atomic E-state index is -3.65. The number of sulfonamides is 1. The predicted octanol–water partition coefficient (Wildman–Crippen LogP) is 1.55. The molecule has 0 radical (unpaired) electrons. The van der Waals surface area contributed by atoms with Crippen LogP contribution in [0.25, 0.3) is 0 Å². The molecule has 0 amide bonds. The Morgan fingerprint density at radius 3 is 2.62 bits per heavy atom. The predicted molar refractivity (Wildman–Crippen MR) is 106 cm³/mol. The summed E-state index contributed by atoms with van der Waals surface area (Å²) in [5.74, 6) is 2.15. The molecule has 2 aliphatic rings. The molecule has 0 aliphatic carbocycles. The lowest BCUT2D eigenvalue weighted by Crippen LogP contribution is -2.31. The zero-order chi connectivity index (χ0) is 20.4. The van der Waals surface area contributed by atoms with E-state index in [1.165, 1.54) is 10.4 Å². The molecular formula is C19H24N4O5S. The fraction of sp³-hybridized carbons (Fsp3) is 0.474. The van der Waals surface area contributed by atoms with Gasteiger partial charge in [0.25, 0.3) is 0 Å². The summed E-state index contributed by atoms with van der Waals surface area (Å²) < 4.78 is 44.6. The standard InChI is InChI=1S/C19H24N4O5S/c1-22(2)18-6-7-19(21-20-18)28-14-8-9-23(13-14)29(24,25)15-4-5-16-17(12-15)27-11-3-10-26-16/h4-7,12,14H,3,8-11,13H2,1-2H3. The fourth-order valence-electron chi connectivity index (χ4n) is 3.25. The zero-order valence-electron chi connectivity index (χ0n) is 16.4. The van der Waals surface area contributed by atoms with E-state index in [4.69, 9.17) is 14.2 Å². The number of fused-ring (bicyclic) bond motifs is 1. The quantitative estimate of drug-likeness (QED) is 0.719. The van der Waals surface area contributed by atoms with Crippen LogP contribution in [0.3, 0.4) is 0 Å². The monoisotopic (exact) mass is 420 g/mol. The summed E-state index contributed by atoms with van der Waals surface area (Å²) in [4.78, 5) is 2.04. The molecule has 1 atom stereocenters. The van der Waals surface area contributed by atoms with Crippen molar-refractivity contribution < 1.29 is 22.6 Å². The smallest absolute Gasteiger partial charge is 0.243 e. The van der Waals surface area contributed by atoms with E-state index < -0.39 is 10.0 Å². The molecule has 2 aliphatic heterocycles. The number of nitrogens with zero attached hydrogens (tertiary/aromatic N) is 4. The van der Waals surface area contributed by atoms with Crippen molar-refractivity contribution in [1.82, 2.24) is 14.5 Å². The number of aromatic nitrogens is 2. The van der Waals surface area contributed by atoms with Gasteiger partial charge < -0.3 is 19.1 Å². The van der Waals surface area contributed by atoms with Gasteiger partial charge in [0.1, 0.15) is 6.10 Å². The molecule has 9 nitrogen and oxygen atoms in total. The first-order valence-electron chi connectivity index (χ1n) is 9.51. The van der Waals surface area contributed by atoms with Crippen molar-refractivity contribution >= 4 is 15.8 Å². The van der Waals surface area contributed by atoms with Crippen molar-refractivity contribution in [1.29, 1.82) is 0 Å². The first kappa shape index (κ1) is 19.7. The molecule has 1 aromatic heterocycles. The van der Waals surface area contributed by atoms with Crippen molar-refractivity contribution in [2.75, 3.05) is 45.3 Å². The van der Waals surface area contributed by atoms with Gasteiger partial charge in [0.15, 0.2) is 17.3 Å². The van der Waals surface area contributed by atoms with E-state index in [0.29, 0.717) is 43.6 Å². The minimum absolute atomic E-state index is 0.192. The Hall–Kier alpha value is -2.59. The number of benzene rings is 1. The molecule has 0 bridgehead atoms. The van der Waals surface area contributed by atoms with Crippen molar-refractivity contribution in [3.63, 3.8) is 0 Å². The van der Waals surface area contributed by atoms with Crippen LogP contribution in [0.15, 0.2) is 35.2 Å². The summed E-state index contributed by atoms with van der Waals surface area (Å²) >= 11 is 0. The summed E-state index contributed by atoms with van der Waals surface area (Å²) in [6.07, 6.45) is 1.07. The van der Waals surface area contributed by atoms with Gasteiger partial charge in [-0.25, -0.2) is 8.42 Å². The van der Waals surface area contributed by atoms with Crippen molar-refractivity contribution in [2.24, 2.45) is 0 Å². The Balaban J connectivity index is 1.44. The van der Waals surface area contributed by atoms with Crippen LogP contribution in [-0.4, -0.2) is 69.4 Å². The van der Waals surface area contributed by atoms with Gasteiger partial charge in [0.05, 0.1) is 24.7 Å². The van der Waals surface area contributed by atoms with Crippen LogP contribution in [0, 0.1) is 0 Å². The Morgan fingerprint density at radius 2 is 1.90 bits per heavy atom. The fourth-order valence-corrected chi connectivity index (χ4v) is 4.75. The largest absolute Gasteiger partial charge is 0.490 e. The normalized spacial score (nSPS) is 19.6. The molecule has 1 saturated heterocycles. The molecule has 1 unspecified atom stereocenters. The lowest BCUT2D eigenvalue weighted by molar-refractivity contribution is 0.204. The summed E-state index contributed by atoms with van der Waals surface area (Å²) in [6.45, 7) is 1.70. The number of anilines is 1. The van der Waals surface area contributed by atoms with E-state index in [1.54, 1.807) is 18.2 Å². The van der Waals surface area contributed by atoms with Gasteiger partial charge in [-0.3, -0.25) is 0 Å². The Bertz CT molecular complexity index is 965. The lowest BCUT2D eigenvalue weighted by atomic mass is 10.3. The lowest BCUT2D eigenvalue weighted by Gasteiger charge is -2.18. The molecule has 0 spiro atoms. The van der Waals surface area contributed by atoms with Crippen molar-refractivity contribution in [3.8, 4) is 17.4 Å². The second-order valence-electron chi connectivity index (χ2n) is 7.17.